The number of aryl methyl sites for hydroxylation is 1. The Balaban J connectivity index is 1.58. The molecule has 1 aliphatic rings. The quantitative estimate of drug-likeness (QED) is 0.297. The van der Waals surface area contributed by atoms with E-state index in [1.165, 1.54) is 0 Å². The number of rotatable bonds is 4. The van der Waals surface area contributed by atoms with Crippen molar-refractivity contribution in [1.29, 1.82) is 0 Å². The SMILES string of the molecule is Cc1ccc(C2=NC(=Cc3cc4ccccc4nc3Sc3ccccc3)C(=O)O2)cc1. The molecule has 1 aliphatic heterocycles. The van der Waals surface area contributed by atoms with Crippen LogP contribution in [0.5, 0.6) is 0 Å². The summed E-state index contributed by atoms with van der Waals surface area (Å²) in [6, 6.07) is 27.8. The van der Waals surface area contributed by atoms with Gasteiger partial charge in [-0.05, 0) is 49.4 Å². The molecule has 2 heterocycles. The first kappa shape index (κ1) is 19.3. The van der Waals surface area contributed by atoms with Crippen LogP contribution in [0.25, 0.3) is 17.0 Å². The predicted octanol–water partition coefficient (Wildman–Crippen LogP) is 6.04. The Kier molecular flexibility index (Phi) is 5.10. The second-order valence-corrected chi connectivity index (χ2v) is 8.25. The first-order valence-corrected chi connectivity index (χ1v) is 10.7. The van der Waals surface area contributed by atoms with Crippen LogP contribution >= 0.6 is 11.8 Å². The fourth-order valence-corrected chi connectivity index (χ4v) is 4.17. The summed E-state index contributed by atoms with van der Waals surface area (Å²) in [7, 11) is 0. The number of hydrogen-bond acceptors (Lipinski definition) is 5. The second kappa shape index (κ2) is 8.20. The monoisotopic (exact) mass is 422 g/mol. The molecule has 0 radical (unpaired) electrons. The number of aliphatic imine (C=N–C) groups is 1. The number of fused-ring (bicyclic) bond motifs is 1. The van der Waals surface area contributed by atoms with E-state index >= 15 is 0 Å². The van der Waals surface area contributed by atoms with Gasteiger partial charge in [-0.2, -0.15) is 0 Å². The minimum Gasteiger partial charge on any atom is -0.402 e. The minimum absolute atomic E-state index is 0.266. The van der Waals surface area contributed by atoms with E-state index in [2.05, 4.69) is 4.99 Å². The molecule has 0 bridgehead atoms. The third kappa shape index (κ3) is 4.13. The highest BCUT2D eigenvalue weighted by atomic mass is 32.2. The smallest absolute Gasteiger partial charge is 0.363 e. The first-order chi connectivity index (χ1) is 15.2. The summed E-state index contributed by atoms with van der Waals surface area (Å²) in [5, 5.41) is 1.81. The Labute approximate surface area is 184 Å². The minimum atomic E-state index is -0.459. The molecule has 4 nitrogen and oxygen atoms in total. The van der Waals surface area contributed by atoms with E-state index in [1.807, 2.05) is 91.9 Å². The number of nitrogens with zero attached hydrogens (tertiary/aromatic N) is 2. The van der Waals surface area contributed by atoms with Gasteiger partial charge in [0, 0.05) is 21.4 Å². The molecule has 1 aromatic heterocycles. The van der Waals surface area contributed by atoms with Crippen molar-refractivity contribution in [3.8, 4) is 0 Å². The third-order valence-corrected chi connectivity index (χ3v) is 5.91. The number of aromatic nitrogens is 1. The Morgan fingerprint density at radius 1 is 0.903 bits per heavy atom. The van der Waals surface area contributed by atoms with Gasteiger partial charge in [0.1, 0.15) is 5.03 Å². The van der Waals surface area contributed by atoms with Gasteiger partial charge in [-0.1, -0.05) is 65.9 Å². The van der Waals surface area contributed by atoms with E-state index in [0.29, 0.717) is 5.90 Å². The van der Waals surface area contributed by atoms with E-state index in [9.17, 15) is 4.79 Å². The fourth-order valence-electron chi connectivity index (χ4n) is 3.28. The van der Waals surface area contributed by atoms with Gasteiger partial charge in [-0.3, -0.25) is 0 Å². The van der Waals surface area contributed by atoms with Crippen LogP contribution < -0.4 is 0 Å². The number of esters is 1. The molecule has 0 unspecified atom stereocenters. The summed E-state index contributed by atoms with van der Waals surface area (Å²) in [5.74, 6) is -0.137. The van der Waals surface area contributed by atoms with Crippen molar-refractivity contribution in [2.45, 2.75) is 16.8 Å². The van der Waals surface area contributed by atoms with Crippen molar-refractivity contribution in [3.05, 3.63) is 107 Å². The fraction of sp³-hybridized carbons (Fsp3) is 0.0385. The van der Waals surface area contributed by atoms with Crippen LogP contribution in [0.3, 0.4) is 0 Å². The molecule has 0 saturated carbocycles. The lowest BCUT2D eigenvalue weighted by atomic mass is 10.1. The van der Waals surface area contributed by atoms with E-state index < -0.39 is 5.97 Å². The zero-order chi connectivity index (χ0) is 21.2. The number of para-hydroxylation sites is 1. The maximum absolute atomic E-state index is 12.5. The molecule has 0 fully saturated rings. The lowest BCUT2D eigenvalue weighted by molar-refractivity contribution is -0.129. The highest BCUT2D eigenvalue weighted by Crippen LogP contribution is 2.33. The summed E-state index contributed by atoms with van der Waals surface area (Å²) in [6.45, 7) is 2.01. The van der Waals surface area contributed by atoms with Crippen molar-refractivity contribution >= 4 is 40.6 Å². The Hall–Kier alpha value is -3.70. The maximum atomic E-state index is 12.5. The third-order valence-electron chi connectivity index (χ3n) is 4.89. The number of pyridine rings is 1. The van der Waals surface area contributed by atoms with Crippen molar-refractivity contribution in [1.82, 2.24) is 4.98 Å². The number of carbonyl (C=O) groups excluding carboxylic acids is 1. The van der Waals surface area contributed by atoms with E-state index in [-0.39, 0.29) is 5.70 Å². The molecule has 0 spiro atoms. The topological polar surface area (TPSA) is 51.5 Å². The molecule has 0 amide bonds. The summed E-state index contributed by atoms with van der Waals surface area (Å²) < 4.78 is 5.43. The molecule has 150 valence electrons. The van der Waals surface area contributed by atoms with Crippen LogP contribution in [0.15, 0.2) is 106 Å². The van der Waals surface area contributed by atoms with Gasteiger partial charge in [0.2, 0.25) is 5.90 Å². The van der Waals surface area contributed by atoms with Crippen LogP contribution in [-0.4, -0.2) is 16.9 Å². The zero-order valence-corrected chi connectivity index (χ0v) is 17.6. The van der Waals surface area contributed by atoms with Gasteiger partial charge < -0.3 is 4.74 Å². The van der Waals surface area contributed by atoms with E-state index in [1.54, 1.807) is 17.8 Å². The van der Waals surface area contributed by atoms with Crippen LogP contribution in [0, 0.1) is 6.92 Å². The number of cyclic esters (lactones) is 1. The molecular weight excluding hydrogens is 404 g/mol. The van der Waals surface area contributed by atoms with Crippen molar-refractivity contribution in [3.63, 3.8) is 0 Å². The molecule has 3 aromatic carbocycles. The molecule has 5 heteroatoms. The number of benzene rings is 3. The molecule has 31 heavy (non-hydrogen) atoms. The Morgan fingerprint density at radius 3 is 2.45 bits per heavy atom. The molecular formula is C26H18N2O2S. The molecule has 0 N–H and O–H groups in total. The zero-order valence-electron chi connectivity index (χ0n) is 16.8. The van der Waals surface area contributed by atoms with Crippen LogP contribution in [0.1, 0.15) is 16.7 Å². The summed E-state index contributed by atoms with van der Waals surface area (Å²) >= 11 is 1.56. The van der Waals surface area contributed by atoms with E-state index in [4.69, 9.17) is 9.72 Å². The average molecular weight is 423 g/mol. The Morgan fingerprint density at radius 2 is 1.65 bits per heavy atom. The first-order valence-electron chi connectivity index (χ1n) is 9.88. The van der Waals surface area contributed by atoms with Crippen LogP contribution in [0.4, 0.5) is 0 Å². The molecule has 0 aliphatic carbocycles. The number of carbonyl (C=O) groups is 1. The van der Waals surface area contributed by atoms with Crippen molar-refractivity contribution in [2.24, 2.45) is 4.99 Å². The molecule has 4 aromatic rings. The van der Waals surface area contributed by atoms with Crippen molar-refractivity contribution < 1.29 is 9.53 Å². The number of hydrogen-bond donors (Lipinski definition) is 0. The van der Waals surface area contributed by atoms with Crippen LogP contribution in [0.2, 0.25) is 0 Å². The average Bonchev–Trinajstić information content (AvgIpc) is 3.15. The van der Waals surface area contributed by atoms with Gasteiger partial charge in [0.15, 0.2) is 5.70 Å². The lowest BCUT2D eigenvalue weighted by Crippen LogP contribution is -2.05. The van der Waals surface area contributed by atoms with Crippen molar-refractivity contribution in [2.75, 3.05) is 0 Å². The van der Waals surface area contributed by atoms with Gasteiger partial charge in [-0.25, -0.2) is 14.8 Å². The molecule has 5 rings (SSSR count). The normalized spacial score (nSPS) is 14.7. The van der Waals surface area contributed by atoms with Gasteiger partial charge in [0.05, 0.1) is 5.52 Å². The lowest BCUT2D eigenvalue weighted by Gasteiger charge is -2.08. The van der Waals surface area contributed by atoms with E-state index in [0.717, 1.165) is 37.5 Å². The van der Waals surface area contributed by atoms with Crippen LogP contribution in [-0.2, 0) is 9.53 Å². The second-order valence-electron chi connectivity index (χ2n) is 7.19. The largest absolute Gasteiger partial charge is 0.402 e. The summed E-state index contributed by atoms with van der Waals surface area (Å²) in [6.07, 6.45) is 1.76. The highest BCUT2D eigenvalue weighted by Gasteiger charge is 2.24. The predicted molar refractivity (Wildman–Crippen MR) is 124 cm³/mol. The van der Waals surface area contributed by atoms with Gasteiger partial charge >= 0.3 is 5.97 Å². The standard InChI is InChI=1S/C26H18N2O2S/c1-17-11-13-18(14-12-17)24-27-23(26(29)30-24)16-20-15-19-7-5-6-10-22(19)28-25(20)31-21-8-3-2-4-9-21/h2-16H,1H3. The maximum Gasteiger partial charge on any atom is 0.363 e. The molecule has 0 saturated heterocycles. The Bertz CT molecular complexity index is 1340. The summed E-state index contributed by atoms with van der Waals surface area (Å²) in [5.41, 5.74) is 3.91. The van der Waals surface area contributed by atoms with Gasteiger partial charge in [0.25, 0.3) is 0 Å². The highest BCUT2D eigenvalue weighted by molar-refractivity contribution is 7.99. The summed E-state index contributed by atoms with van der Waals surface area (Å²) in [4.78, 5) is 22.9. The number of ether oxygens (including phenoxy) is 1. The molecule has 0 atom stereocenters. The van der Waals surface area contributed by atoms with Gasteiger partial charge in [-0.15, -0.1) is 0 Å².